The molecular formula is C12H16N4O. The van der Waals surface area contributed by atoms with Crippen LogP contribution in [0.4, 0.5) is 0 Å². The highest BCUT2D eigenvalue weighted by molar-refractivity contribution is 5.36. The van der Waals surface area contributed by atoms with Crippen LogP contribution in [0.25, 0.3) is 0 Å². The molecular weight excluding hydrogens is 216 g/mol. The van der Waals surface area contributed by atoms with Crippen LogP contribution in [0.1, 0.15) is 16.8 Å². The van der Waals surface area contributed by atoms with Gasteiger partial charge in [0.2, 0.25) is 0 Å². The number of benzene rings is 1. The molecule has 2 N–H and O–H groups in total. The molecule has 5 nitrogen and oxygen atoms in total. The summed E-state index contributed by atoms with van der Waals surface area (Å²) in [4.78, 5) is 0. The maximum absolute atomic E-state index is 5.71. The monoisotopic (exact) mass is 232 g/mol. The standard InChI is InChI=1S/C12H16N4O/c1-9-3-4-10(6-13)5-12(9)17-8-11-7-16(2)15-14-11/h3-5,7H,6,8,13H2,1-2H3. The number of aromatic nitrogens is 3. The molecule has 2 aromatic rings. The first-order chi connectivity index (χ1) is 8.19. The summed E-state index contributed by atoms with van der Waals surface area (Å²) in [6, 6.07) is 5.98. The highest BCUT2D eigenvalue weighted by Crippen LogP contribution is 2.20. The number of nitrogens with zero attached hydrogens (tertiary/aromatic N) is 3. The summed E-state index contributed by atoms with van der Waals surface area (Å²) < 4.78 is 7.36. The Morgan fingerprint density at radius 2 is 2.24 bits per heavy atom. The molecule has 90 valence electrons. The van der Waals surface area contributed by atoms with Crippen LogP contribution >= 0.6 is 0 Å². The van der Waals surface area contributed by atoms with Crippen LogP contribution < -0.4 is 10.5 Å². The molecule has 5 heteroatoms. The highest BCUT2D eigenvalue weighted by atomic mass is 16.5. The fourth-order valence-corrected chi connectivity index (χ4v) is 1.54. The molecule has 0 saturated heterocycles. The van der Waals surface area contributed by atoms with Gasteiger partial charge in [-0.2, -0.15) is 0 Å². The maximum Gasteiger partial charge on any atom is 0.134 e. The lowest BCUT2D eigenvalue weighted by atomic mass is 10.1. The molecule has 0 aliphatic rings. The smallest absolute Gasteiger partial charge is 0.134 e. The molecule has 1 aromatic heterocycles. The summed E-state index contributed by atoms with van der Waals surface area (Å²) in [5.41, 5.74) is 8.56. The number of hydrogen-bond acceptors (Lipinski definition) is 4. The summed E-state index contributed by atoms with van der Waals surface area (Å²) in [6.07, 6.45) is 1.84. The minimum absolute atomic E-state index is 0.419. The van der Waals surface area contributed by atoms with E-state index >= 15 is 0 Å². The van der Waals surface area contributed by atoms with E-state index < -0.39 is 0 Å². The van der Waals surface area contributed by atoms with Gasteiger partial charge in [0.1, 0.15) is 18.1 Å². The molecule has 2 rings (SSSR count). The van der Waals surface area contributed by atoms with Crippen molar-refractivity contribution in [2.75, 3.05) is 0 Å². The van der Waals surface area contributed by atoms with Crippen molar-refractivity contribution in [1.82, 2.24) is 15.0 Å². The number of ether oxygens (including phenoxy) is 1. The van der Waals surface area contributed by atoms with Gasteiger partial charge in [-0.3, -0.25) is 4.68 Å². The van der Waals surface area contributed by atoms with Gasteiger partial charge in [-0.05, 0) is 24.1 Å². The Balaban J connectivity index is 2.07. The largest absolute Gasteiger partial charge is 0.487 e. The zero-order chi connectivity index (χ0) is 12.3. The second-order valence-electron chi connectivity index (χ2n) is 3.98. The van der Waals surface area contributed by atoms with Crippen molar-refractivity contribution in [1.29, 1.82) is 0 Å². The third-order valence-electron chi connectivity index (χ3n) is 2.51. The van der Waals surface area contributed by atoms with Crippen molar-refractivity contribution in [3.63, 3.8) is 0 Å². The highest BCUT2D eigenvalue weighted by Gasteiger charge is 2.03. The van der Waals surface area contributed by atoms with Crippen LogP contribution in [0.5, 0.6) is 5.75 Å². The van der Waals surface area contributed by atoms with Gasteiger partial charge in [-0.25, -0.2) is 0 Å². The number of nitrogens with two attached hydrogens (primary N) is 1. The molecule has 0 unspecified atom stereocenters. The molecule has 0 aliphatic carbocycles. The van der Waals surface area contributed by atoms with Crippen LogP contribution in [-0.2, 0) is 20.2 Å². The van der Waals surface area contributed by atoms with E-state index in [-0.39, 0.29) is 0 Å². The van der Waals surface area contributed by atoms with E-state index in [0.29, 0.717) is 13.2 Å². The predicted octanol–water partition coefficient (Wildman–Crippen LogP) is 1.16. The van der Waals surface area contributed by atoms with E-state index in [2.05, 4.69) is 10.3 Å². The van der Waals surface area contributed by atoms with Crippen molar-refractivity contribution >= 4 is 0 Å². The Hall–Kier alpha value is -1.88. The average Bonchev–Trinajstić information content (AvgIpc) is 2.74. The van der Waals surface area contributed by atoms with Crippen molar-refractivity contribution in [3.05, 3.63) is 41.2 Å². The van der Waals surface area contributed by atoms with E-state index in [9.17, 15) is 0 Å². The van der Waals surface area contributed by atoms with Crippen molar-refractivity contribution in [3.8, 4) is 5.75 Å². The first kappa shape index (κ1) is 11.6. The van der Waals surface area contributed by atoms with Crippen LogP contribution in [0.2, 0.25) is 0 Å². The molecule has 0 radical (unpaired) electrons. The van der Waals surface area contributed by atoms with Gasteiger partial charge in [-0.1, -0.05) is 17.3 Å². The van der Waals surface area contributed by atoms with E-state index in [1.165, 1.54) is 0 Å². The lowest BCUT2D eigenvalue weighted by Crippen LogP contribution is -2.00. The van der Waals surface area contributed by atoms with Gasteiger partial charge < -0.3 is 10.5 Å². The normalized spacial score (nSPS) is 10.5. The molecule has 0 saturated carbocycles. The summed E-state index contributed by atoms with van der Waals surface area (Å²) >= 11 is 0. The van der Waals surface area contributed by atoms with Gasteiger partial charge in [0.05, 0.1) is 6.20 Å². The molecule has 0 aliphatic heterocycles. The summed E-state index contributed by atoms with van der Waals surface area (Å²) in [5.74, 6) is 0.846. The van der Waals surface area contributed by atoms with E-state index in [1.54, 1.807) is 4.68 Å². The lowest BCUT2D eigenvalue weighted by molar-refractivity contribution is 0.299. The first-order valence-electron chi connectivity index (χ1n) is 5.46. The van der Waals surface area contributed by atoms with Crippen LogP contribution in [0.15, 0.2) is 24.4 Å². The van der Waals surface area contributed by atoms with E-state index in [0.717, 1.165) is 22.6 Å². The minimum atomic E-state index is 0.419. The molecule has 1 aromatic carbocycles. The SMILES string of the molecule is Cc1ccc(CN)cc1OCc1cn(C)nn1. The Kier molecular flexibility index (Phi) is 3.39. The average molecular weight is 232 g/mol. The van der Waals surface area contributed by atoms with E-state index in [1.807, 2.05) is 38.4 Å². The third kappa shape index (κ3) is 2.82. The Bertz CT molecular complexity index is 507. The van der Waals surface area contributed by atoms with Crippen LogP contribution in [-0.4, -0.2) is 15.0 Å². The maximum atomic E-state index is 5.71. The Labute approximate surface area is 100 Å². The number of rotatable bonds is 4. The zero-order valence-electron chi connectivity index (χ0n) is 10.1. The fourth-order valence-electron chi connectivity index (χ4n) is 1.54. The van der Waals surface area contributed by atoms with Crippen LogP contribution in [0.3, 0.4) is 0 Å². The summed E-state index contributed by atoms with van der Waals surface area (Å²) in [5, 5.41) is 7.82. The van der Waals surface area contributed by atoms with Gasteiger partial charge in [0.25, 0.3) is 0 Å². The van der Waals surface area contributed by atoms with Crippen molar-refractivity contribution in [2.24, 2.45) is 12.8 Å². The molecule has 0 fully saturated rings. The molecule has 17 heavy (non-hydrogen) atoms. The second-order valence-corrected chi connectivity index (χ2v) is 3.98. The molecule has 0 amide bonds. The van der Waals surface area contributed by atoms with Gasteiger partial charge in [0.15, 0.2) is 0 Å². The molecule has 0 bridgehead atoms. The third-order valence-corrected chi connectivity index (χ3v) is 2.51. The quantitative estimate of drug-likeness (QED) is 0.859. The van der Waals surface area contributed by atoms with Gasteiger partial charge in [0, 0.05) is 13.6 Å². The predicted molar refractivity (Wildman–Crippen MR) is 64.4 cm³/mol. The van der Waals surface area contributed by atoms with Crippen molar-refractivity contribution < 1.29 is 4.74 Å². The zero-order valence-corrected chi connectivity index (χ0v) is 10.1. The fraction of sp³-hybridized carbons (Fsp3) is 0.333. The molecule has 0 atom stereocenters. The van der Waals surface area contributed by atoms with Crippen molar-refractivity contribution in [2.45, 2.75) is 20.1 Å². The molecule has 1 heterocycles. The Morgan fingerprint density at radius 1 is 1.41 bits per heavy atom. The summed E-state index contributed by atoms with van der Waals surface area (Å²) in [7, 11) is 1.83. The molecule has 0 spiro atoms. The minimum Gasteiger partial charge on any atom is -0.487 e. The lowest BCUT2D eigenvalue weighted by Gasteiger charge is -2.09. The Morgan fingerprint density at radius 3 is 2.88 bits per heavy atom. The first-order valence-corrected chi connectivity index (χ1v) is 5.46. The van der Waals surface area contributed by atoms with Crippen LogP contribution in [0, 0.1) is 6.92 Å². The summed E-state index contributed by atoms with van der Waals surface area (Å²) in [6.45, 7) is 2.94. The van der Waals surface area contributed by atoms with E-state index in [4.69, 9.17) is 10.5 Å². The van der Waals surface area contributed by atoms with Gasteiger partial charge >= 0.3 is 0 Å². The van der Waals surface area contributed by atoms with Gasteiger partial charge in [-0.15, -0.1) is 5.10 Å². The topological polar surface area (TPSA) is 66.0 Å². The second kappa shape index (κ2) is 4.97. The number of hydrogen-bond donors (Lipinski definition) is 1. The number of aryl methyl sites for hydroxylation is 2.